The van der Waals surface area contributed by atoms with Crippen molar-refractivity contribution >= 4 is 12.6 Å². The lowest BCUT2D eigenvalue weighted by Gasteiger charge is -2.02. The molecule has 1 rings (SSSR count). The molecule has 0 unspecified atom stereocenters. The first-order chi connectivity index (χ1) is 5.88. The first kappa shape index (κ1) is 8.46. The second kappa shape index (κ2) is 4.28. The average Bonchev–Trinajstić information content (AvgIpc) is 2.15. The fourth-order valence-electron chi connectivity index (χ4n) is 0.817. The molecule has 0 N–H and O–H groups in total. The summed E-state index contributed by atoms with van der Waals surface area (Å²) in [6, 6.07) is 6.70. The Kier molecular flexibility index (Phi) is 3.02. The molecule has 0 aliphatic carbocycles. The molecule has 0 spiro atoms. The molecular formula is C9H7O3. The largest absolute Gasteiger partial charge is 0.485 e. The summed E-state index contributed by atoms with van der Waals surface area (Å²) in [6.45, 7) is -0.148. The molecule has 0 fully saturated rings. The molecule has 0 atom stereocenters. The summed E-state index contributed by atoms with van der Waals surface area (Å²) in [6.07, 6.45) is 2.26. The van der Waals surface area contributed by atoms with E-state index in [1.807, 2.05) is 0 Å². The molecule has 0 saturated carbocycles. The van der Waals surface area contributed by atoms with Gasteiger partial charge in [-0.15, -0.1) is 0 Å². The lowest BCUT2D eigenvalue weighted by atomic mass is 10.2. The highest BCUT2D eigenvalue weighted by Crippen LogP contribution is 2.14. The number of para-hydroxylation sites is 1. The van der Waals surface area contributed by atoms with Crippen LogP contribution < -0.4 is 4.74 Å². The van der Waals surface area contributed by atoms with Crippen molar-refractivity contribution in [2.24, 2.45) is 0 Å². The van der Waals surface area contributed by atoms with Gasteiger partial charge in [-0.2, -0.15) is 0 Å². The molecule has 0 aliphatic heterocycles. The summed E-state index contributed by atoms with van der Waals surface area (Å²) in [4.78, 5) is 20.3. The maximum atomic E-state index is 10.4. The summed E-state index contributed by atoms with van der Waals surface area (Å²) in [5.41, 5.74) is 0.438. The predicted octanol–water partition coefficient (Wildman–Crippen LogP) is 0.988. The Labute approximate surface area is 70.0 Å². The fourth-order valence-corrected chi connectivity index (χ4v) is 0.817. The average molecular weight is 163 g/mol. The normalized spacial score (nSPS) is 9.00. The third-order valence-corrected chi connectivity index (χ3v) is 1.33. The molecule has 1 radical (unpaired) electrons. The predicted molar refractivity (Wildman–Crippen MR) is 43.0 cm³/mol. The van der Waals surface area contributed by atoms with E-state index in [4.69, 9.17) is 4.74 Å². The van der Waals surface area contributed by atoms with E-state index in [0.29, 0.717) is 17.6 Å². The van der Waals surface area contributed by atoms with Crippen molar-refractivity contribution in [3.8, 4) is 5.75 Å². The number of benzene rings is 1. The molecule has 61 valence electrons. The maximum absolute atomic E-state index is 10.4. The zero-order valence-electron chi connectivity index (χ0n) is 6.32. The molecule has 0 heterocycles. The molecule has 3 heteroatoms. The third-order valence-electron chi connectivity index (χ3n) is 1.33. The molecular weight excluding hydrogens is 156 g/mol. The Morgan fingerprint density at radius 1 is 1.42 bits per heavy atom. The monoisotopic (exact) mass is 163 g/mol. The van der Waals surface area contributed by atoms with Crippen LogP contribution in [0.25, 0.3) is 0 Å². The van der Waals surface area contributed by atoms with Gasteiger partial charge in [0.1, 0.15) is 5.75 Å². The Hall–Kier alpha value is -1.64. The van der Waals surface area contributed by atoms with Crippen LogP contribution in [-0.2, 0) is 4.79 Å². The maximum Gasteiger partial charge on any atom is 0.239 e. The highest BCUT2D eigenvalue weighted by molar-refractivity contribution is 5.79. The van der Waals surface area contributed by atoms with Crippen molar-refractivity contribution in [3.05, 3.63) is 29.8 Å². The Balaban J connectivity index is 2.81. The molecule has 3 nitrogen and oxygen atoms in total. The Morgan fingerprint density at radius 3 is 2.83 bits per heavy atom. The molecule has 0 aliphatic rings. The van der Waals surface area contributed by atoms with Crippen LogP contribution in [0, 0.1) is 0 Å². The first-order valence-electron chi connectivity index (χ1n) is 3.40. The second-order valence-corrected chi connectivity index (χ2v) is 2.09. The minimum atomic E-state index is -0.148. The number of aldehydes is 1. The summed E-state index contributed by atoms with van der Waals surface area (Å²) in [5.74, 6) is 0.413. The van der Waals surface area contributed by atoms with Gasteiger partial charge in [0, 0.05) is 0 Å². The van der Waals surface area contributed by atoms with Gasteiger partial charge in [0.05, 0.1) is 5.56 Å². The van der Waals surface area contributed by atoms with Crippen LogP contribution in [0.5, 0.6) is 5.75 Å². The van der Waals surface area contributed by atoms with Crippen molar-refractivity contribution in [2.45, 2.75) is 0 Å². The van der Waals surface area contributed by atoms with E-state index in [0.717, 1.165) is 0 Å². The highest BCUT2D eigenvalue weighted by atomic mass is 16.5. The van der Waals surface area contributed by atoms with E-state index in [1.165, 1.54) is 0 Å². The van der Waals surface area contributed by atoms with E-state index in [2.05, 4.69) is 0 Å². The summed E-state index contributed by atoms with van der Waals surface area (Å²) < 4.78 is 4.92. The summed E-state index contributed by atoms with van der Waals surface area (Å²) >= 11 is 0. The van der Waals surface area contributed by atoms with Gasteiger partial charge >= 0.3 is 0 Å². The SMILES string of the molecule is O=[C]COc1ccccc1C=O. The molecule has 0 bridgehead atoms. The zero-order chi connectivity index (χ0) is 8.81. The lowest BCUT2D eigenvalue weighted by molar-refractivity contribution is 0.112. The molecule has 1 aromatic rings. The number of carbonyl (C=O) groups is 1. The molecule has 0 aromatic heterocycles. The topological polar surface area (TPSA) is 43.4 Å². The second-order valence-electron chi connectivity index (χ2n) is 2.09. The van der Waals surface area contributed by atoms with E-state index in [1.54, 1.807) is 30.6 Å². The Bertz CT molecular complexity index is 281. The quantitative estimate of drug-likeness (QED) is 0.621. The zero-order valence-corrected chi connectivity index (χ0v) is 6.32. The van der Waals surface area contributed by atoms with Crippen LogP contribution in [0.2, 0.25) is 0 Å². The minimum Gasteiger partial charge on any atom is -0.485 e. The van der Waals surface area contributed by atoms with Crippen molar-refractivity contribution in [1.82, 2.24) is 0 Å². The van der Waals surface area contributed by atoms with Crippen LogP contribution >= 0.6 is 0 Å². The van der Waals surface area contributed by atoms with Crippen LogP contribution in [-0.4, -0.2) is 19.2 Å². The smallest absolute Gasteiger partial charge is 0.239 e. The van der Waals surface area contributed by atoms with Gasteiger partial charge in [-0.3, -0.25) is 9.59 Å². The molecule has 1 aromatic carbocycles. The molecule has 0 saturated heterocycles. The van der Waals surface area contributed by atoms with Gasteiger partial charge in [0.2, 0.25) is 6.29 Å². The standard InChI is InChI=1S/C9H7O3/c10-5-6-12-9-4-2-1-3-8(9)7-11/h1-4,7H,6H2. The van der Waals surface area contributed by atoms with E-state index in [-0.39, 0.29) is 6.61 Å². The number of rotatable bonds is 4. The van der Waals surface area contributed by atoms with Crippen molar-refractivity contribution < 1.29 is 14.3 Å². The third kappa shape index (κ3) is 1.92. The van der Waals surface area contributed by atoms with E-state index < -0.39 is 0 Å². The van der Waals surface area contributed by atoms with Crippen LogP contribution in [0.15, 0.2) is 24.3 Å². The van der Waals surface area contributed by atoms with Crippen molar-refractivity contribution in [3.63, 3.8) is 0 Å². The van der Waals surface area contributed by atoms with Crippen LogP contribution in [0.1, 0.15) is 10.4 Å². The minimum absolute atomic E-state index is 0.148. The highest BCUT2D eigenvalue weighted by Gasteiger charge is 1.99. The van der Waals surface area contributed by atoms with Gasteiger partial charge < -0.3 is 4.74 Å². The van der Waals surface area contributed by atoms with E-state index in [9.17, 15) is 9.59 Å². The summed E-state index contributed by atoms with van der Waals surface area (Å²) in [7, 11) is 0. The molecule has 0 amide bonds. The van der Waals surface area contributed by atoms with Gasteiger partial charge in [-0.1, -0.05) is 12.1 Å². The van der Waals surface area contributed by atoms with Crippen LogP contribution in [0.3, 0.4) is 0 Å². The van der Waals surface area contributed by atoms with E-state index >= 15 is 0 Å². The Morgan fingerprint density at radius 2 is 2.17 bits per heavy atom. The number of ether oxygens (including phenoxy) is 1. The summed E-state index contributed by atoms with van der Waals surface area (Å²) in [5, 5.41) is 0. The van der Waals surface area contributed by atoms with Gasteiger partial charge in [-0.25, -0.2) is 0 Å². The first-order valence-corrected chi connectivity index (χ1v) is 3.40. The number of carbonyl (C=O) groups excluding carboxylic acids is 2. The van der Waals surface area contributed by atoms with Crippen molar-refractivity contribution in [2.75, 3.05) is 6.61 Å². The number of hydrogen-bond acceptors (Lipinski definition) is 3. The fraction of sp³-hybridized carbons (Fsp3) is 0.111. The van der Waals surface area contributed by atoms with Crippen LogP contribution in [0.4, 0.5) is 0 Å². The van der Waals surface area contributed by atoms with Gasteiger partial charge in [-0.05, 0) is 12.1 Å². The lowest BCUT2D eigenvalue weighted by Crippen LogP contribution is -1.99. The van der Waals surface area contributed by atoms with Crippen molar-refractivity contribution in [1.29, 1.82) is 0 Å². The van der Waals surface area contributed by atoms with Gasteiger partial charge in [0.25, 0.3) is 0 Å². The number of hydrogen-bond donors (Lipinski definition) is 0. The molecule has 12 heavy (non-hydrogen) atoms. The van der Waals surface area contributed by atoms with Gasteiger partial charge in [0.15, 0.2) is 12.9 Å².